The Balaban J connectivity index is 2.37. The fraction of sp³-hybridized carbons (Fsp3) is 0.400. The molecule has 2 rings (SSSR count). The van der Waals surface area contributed by atoms with Gasteiger partial charge in [-0.2, -0.15) is 13.2 Å². The highest BCUT2D eigenvalue weighted by atomic mass is 19.4. The maximum absolute atomic E-state index is 13.2. The first kappa shape index (κ1) is 11.3. The van der Waals surface area contributed by atoms with Crippen LogP contribution in [-0.2, 0) is 11.8 Å². The molecule has 0 unspecified atom stereocenters. The van der Waals surface area contributed by atoms with E-state index >= 15 is 0 Å². The smallest absolute Gasteiger partial charge is 0.382 e. The second kappa shape index (κ2) is 3.43. The van der Waals surface area contributed by atoms with Crippen LogP contribution >= 0.6 is 0 Å². The summed E-state index contributed by atoms with van der Waals surface area (Å²) in [6.45, 7) is 0.440. The molecular formula is C10H9F4NO. The summed E-state index contributed by atoms with van der Waals surface area (Å²) < 4.78 is 50.0. The van der Waals surface area contributed by atoms with Gasteiger partial charge in [-0.3, -0.25) is 0 Å². The zero-order chi connectivity index (χ0) is 12.0. The maximum atomic E-state index is 13.2. The average Bonchev–Trinajstić information content (AvgIpc) is 2.12. The second-order valence-corrected chi connectivity index (χ2v) is 3.83. The van der Waals surface area contributed by atoms with Gasteiger partial charge < -0.3 is 10.4 Å². The van der Waals surface area contributed by atoms with Crippen molar-refractivity contribution in [3.05, 3.63) is 35.1 Å². The number of hydrogen-bond donors (Lipinski definition) is 2. The summed E-state index contributed by atoms with van der Waals surface area (Å²) >= 11 is 0. The molecule has 88 valence electrons. The molecule has 0 aromatic heterocycles. The van der Waals surface area contributed by atoms with E-state index in [-0.39, 0.29) is 18.7 Å². The summed E-state index contributed by atoms with van der Waals surface area (Å²) in [5, 5.41) is 12.6. The molecule has 1 heterocycles. The van der Waals surface area contributed by atoms with E-state index in [1.54, 1.807) is 0 Å². The Morgan fingerprint density at radius 1 is 1.25 bits per heavy atom. The van der Waals surface area contributed by atoms with Crippen molar-refractivity contribution >= 4 is 0 Å². The predicted molar refractivity (Wildman–Crippen MR) is 48.2 cm³/mol. The minimum Gasteiger partial charge on any atom is -0.382 e. The summed E-state index contributed by atoms with van der Waals surface area (Å²) in [4.78, 5) is 0. The molecule has 0 aliphatic carbocycles. The van der Waals surface area contributed by atoms with Gasteiger partial charge in [-0.1, -0.05) is 6.07 Å². The first-order valence-electron chi connectivity index (χ1n) is 4.63. The minimum absolute atomic E-state index is 0.164. The Labute approximate surface area is 88.9 Å². The molecule has 1 aliphatic rings. The molecule has 2 N–H and O–H groups in total. The lowest BCUT2D eigenvalue weighted by molar-refractivity contribution is -0.140. The van der Waals surface area contributed by atoms with Gasteiger partial charge in [0, 0.05) is 13.1 Å². The monoisotopic (exact) mass is 235 g/mol. The van der Waals surface area contributed by atoms with Crippen LogP contribution in [0.1, 0.15) is 11.1 Å². The highest BCUT2D eigenvalue weighted by Gasteiger charge is 2.39. The lowest BCUT2D eigenvalue weighted by Crippen LogP contribution is -2.56. The molecule has 6 heteroatoms. The highest BCUT2D eigenvalue weighted by molar-refractivity contribution is 5.32. The van der Waals surface area contributed by atoms with E-state index < -0.39 is 23.2 Å². The zero-order valence-corrected chi connectivity index (χ0v) is 8.11. The Kier molecular flexibility index (Phi) is 2.43. The summed E-state index contributed by atoms with van der Waals surface area (Å²) in [7, 11) is 0. The lowest BCUT2D eigenvalue weighted by Gasteiger charge is -2.38. The summed E-state index contributed by atoms with van der Waals surface area (Å²) in [5.74, 6) is -1.36. The van der Waals surface area contributed by atoms with Crippen molar-refractivity contribution in [3.63, 3.8) is 0 Å². The number of nitrogens with one attached hydrogen (secondary N) is 1. The van der Waals surface area contributed by atoms with E-state index in [1.807, 2.05) is 0 Å². The van der Waals surface area contributed by atoms with Gasteiger partial charge in [0.15, 0.2) is 0 Å². The Hall–Kier alpha value is -1.14. The average molecular weight is 235 g/mol. The quantitative estimate of drug-likeness (QED) is 0.725. The first-order valence-corrected chi connectivity index (χ1v) is 4.63. The molecule has 0 bridgehead atoms. The lowest BCUT2D eigenvalue weighted by atomic mass is 9.87. The Bertz CT molecular complexity index is 412. The van der Waals surface area contributed by atoms with Crippen LogP contribution in [-0.4, -0.2) is 18.2 Å². The second-order valence-electron chi connectivity index (χ2n) is 3.83. The molecule has 1 aliphatic heterocycles. The van der Waals surface area contributed by atoms with Crippen LogP contribution in [0.25, 0.3) is 0 Å². The van der Waals surface area contributed by atoms with Crippen molar-refractivity contribution in [2.24, 2.45) is 0 Å². The van der Waals surface area contributed by atoms with E-state index in [4.69, 9.17) is 0 Å². The molecule has 1 saturated heterocycles. The van der Waals surface area contributed by atoms with E-state index in [0.29, 0.717) is 6.07 Å². The van der Waals surface area contributed by atoms with E-state index in [0.717, 1.165) is 12.1 Å². The maximum Gasteiger partial charge on any atom is 0.419 e. The number of aliphatic hydroxyl groups is 1. The van der Waals surface area contributed by atoms with Crippen molar-refractivity contribution in [3.8, 4) is 0 Å². The van der Waals surface area contributed by atoms with Crippen molar-refractivity contribution in [2.75, 3.05) is 13.1 Å². The molecule has 0 radical (unpaired) electrons. The van der Waals surface area contributed by atoms with Crippen LogP contribution in [0, 0.1) is 5.82 Å². The standard InChI is InChI=1S/C10H9F4NO/c11-8-3-6(9(16)4-15-5-9)1-2-7(8)10(12,13)14/h1-3,15-16H,4-5H2. The van der Waals surface area contributed by atoms with Gasteiger partial charge in [-0.25, -0.2) is 4.39 Å². The topological polar surface area (TPSA) is 32.3 Å². The van der Waals surface area contributed by atoms with Gasteiger partial charge in [-0.15, -0.1) is 0 Å². The molecule has 1 aromatic rings. The molecule has 2 nitrogen and oxygen atoms in total. The molecule has 0 amide bonds. The summed E-state index contributed by atoms with van der Waals surface area (Å²) in [5.41, 5.74) is -2.39. The summed E-state index contributed by atoms with van der Waals surface area (Å²) in [6, 6.07) is 2.50. The van der Waals surface area contributed by atoms with Gasteiger partial charge in [0.25, 0.3) is 0 Å². The van der Waals surface area contributed by atoms with E-state index in [1.165, 1.54) is 0 Å². The zero-order valence-electron chi connectivity index (χ0n) is 8.11. The molecule has 1 aromatic carbocycles. The van der Waals surface area contributed by atoms with Gasteiger partial charge in [-0.05, 0) is 17.7 Å². The fourth-order valence-corrected chi connectivity index (χ4v) is 1.60. The van der Waals surface area contributed by atoms with Crippen LogP contribution < -0.4 is 5.32 Å². The van der Waals surface area contributed by atoms with Crippen molar-refractivity contribution < 1.29 is 22.7 Å². The normalized spacial score (nSPS) is 19.3. The molecule has 0 atom stereocenters. The third-order valence-electron chi connectivity index (χ3n) is 2.65. The molecular weight excluding hydrogens is 226 g/mol. The van der Waals surface area contributed by atoms with Gasteiger partial charge in [0.05, 0.1) is 5.56 Å². The largest absolute Gasteiger partial charge is 0.419 e. The van der Waals surface area contributed by atoms with Crippen LogP contribution in [0.3, 0.4) is 0 Å². The number of alkyl halides is 3. The molecule has 0 spiro atoms. The third-order valence-corrected chi connectivity index (χ3v) is 2.65. The third kappa shape index (κ3) is 1.78. The minimum atomic E-state index is -4.71. The van der Waals surface area contributed by atoms with E-state index in [9.17, 15) is 22.7 Å². The predicted octanol–water partition coefficient (Wildman–Crippen LogP) is 1.64. The molecule has 16 heavy (non-hydrogen) atoms. The van der Waals surface area contributed by atoms with Crippen LogP contribution in [0.4, 0.5) is 17.6 Å². The van der Waals surface area contributed by atoms with Crippen LogP contribution in [0.2, 0.25) is 0 Å². The number of hydrogen-bond acceptors (Lipinski definition) is 2. The number of β-amino-alcohol motifs (C(OH)–C–C–N with tert-alkyl or cyclic N) is 1. The fourth-order valence-electron chi connectivity index (χ4n) is 1.60. The SMILES string of the molecule is OC1(c2ccc(C(F)(F)F)c(F)c2)CNC1. The van der Waals surface area contributed by atoms with Crippen molar-refractivity contribution in [1.82, 2.24) is 5.32 Å². The van der Waals surface area contributed by atoms with Gasteiger partial charge in [0.1, 0.15) is 11.4 Å². The highest BCUT2D eigenvalue weighted by Crippen LogP contribution is 2.34. The molecule has 1 fully saturated rings. The van der Waals surface area contributed by atoms with Crippen LogP contribution in [0.15, 0.2) is 18.2 Å². The van der Waals surface area contributed by atoms with Gasteiger partial charge in [0.2, 0.25) is 0 Å². The Morgan fingerprint density at radius 2 is 1.88 bits per heavy atom. The Morgan fingerprint density at radius 3 is 2.25 bits per heavy atom. The molecule has 0 saturated carbocycles. The van der Waals surface area contributed by atoms with Crippen molar-refractivity contribution in [1.29, 1.82) is 0 Å². The number of benzene rings is 1. The van der Waals surface area contributed by atoms with E-state index in [2.05, 4.69) is 5.32 Å². The number of halogens is 4. The summed E-state index contributed by atoms with van der Waals surface area (Å²) in [6.07, 6.45) is -4.71. The van der Waals surface area contributed by atoms with Crippen LogP contribution in [0.5, 0.6) is 0 Å². The van der Waals surface area contributed by atoms with Crippen molar-refractivity contribution in [2.45, 2.75) is 11.8 Å². The number of rotatable bonds is 1. The first-order chi connectivity index (χ1) is 7.33. The van der Waals surface area contributed by atoms with Gasteiger partial charge >= 0.3 is 6.18 Å².